The maximum absolute atomic E-state index is 12.2. The van der Waals surface area contributed by atoms with Gasteiger partial charge in [0.25, 0.3) is 5.56 Å². The normalized spacial score (nSPS) is 10.6. The number of urea groups is 1. The molecule has 0 saturated heterocycles. The van der Waals surface area contributed by atoms with Crippen LogP contribution in [0.15, 0.2) is 35.1 Å². The van der Waals surface area contributed by atoms with Crippen molar-refractivity contribution < 1.29 is 9.53 Å². The highest BCUT2D eigenvalue weighted by Crippen LogP contribution is 2.27. The van der Waals surface area contributed by atoms with Gasteiger partial charge < -0.3 is 15.4 Å². The molecule has 0 bridgehead atoms. The molecule has 0 fully saturated rings. The molecule has 2 aromatic heterocycles. The molecule has 2 amide bonds. The zero-order chi connectivity index (χ0) is 21.0. The Kier molecular flexibility index (Phi) is 6.28. The lowest BCUT2D eigenvalue weighted by Crippen LogP contribution is -2.34. The minimum Gasteiger partial charge on any atom is -0.495 e. The summed E-state index contributed by atoms with van der Waals surface area (Å²) in [6.45, 7) is 6.28. The van der Waals surface area contributed by atoms with Crippen LogP contribution in [-0.2, 0) is 6.54 Å². The molecule has 3 rings (SSSR count). The number of benzene rings is 1. The number of carbonyl (C=O) groups is 1. The highest BCUT2D eigenvalue weighted by Gasteiger charge is 2.11. The molecule has 0 saturated carbocycles. The number of ether oxygens (including phenoxy) is 1. The number of amides is 2. The standard InChI is InChI=1S/C20H23N5O3S/c1-12-5-7-17(28-4)16(11-12)23-20(27)21-9-10-25-18(26)8-6-15(24-25)19-13(2)22-14(3)29-19/h5-8,11H,9-10H2,1-4H3,(H2,21,23,27). The van der Waals surface area contributed by atoms with Gasteiger partial charge in [-0.05, 0) is 44.5 Å². The highest BCUT2D eigenvalue weighted by atomic mass is 32.1. The second-order valence-corrected chi connectivity index (χ2v) is 7.72. The molecule has 9 heteroatoms. The third-order valence-corrected chi connectivity index (χ3v) is 5.31. The maximum Gasteiger partial charge on any atom is 0.319 e. The van der Waals surface area contributed by atoms with Crippen LogP contribution in [0.3, 0.4) is 0 Å². The van der Waals surface area contributed by atoms with Crippen molar-refractivity contribution in [3.8, 4) is 16.3 Å². The molecule has 8 nitrogen and oxygen atoms in total. The molecule has 0 spiro atoms. The minimum atomic E-state index is -0.382. The Bertz CT molecular complexity index is 1090. The molecule has 1 aromatic carbocycles. The summed E-state index contributed by atoms with van der Waals surface area (Å²) < 4.78 is 6.60. The van der Waals surface area contributed by atoms with E-state index in [1.165, 1.54) is 22.1 Å². The largest absolute Gasteiger partial charge is 0.495 e. The van der Waals surface area contributed by atoms with Crippen LogP contribution in [-0.4, -0.2) is 34.5 Å². The zero-order valence-electron chi connectivity index (χ0n) is 16.8. The van der Waals surface area contributed by atoms with Crippen LogP contribution in [0.25, 0.3) is 10.6 Å². The van der Waals surface area contributed by atoms with E-state index in [0.29, 0.717) is 17.1 Å². The van der Waals surface area contributed by atoms with Gasteiger partial charge in [0.15, 0.2) is 0 Å². The van der Waals surface area contributed by atoms with Crippen molar-refractivity contribution in [2.24, 2.45) is 0 Å². The first-order valence-electron chi connectivity index (χ1n) is 9.09. The molecule has 0 aliphatic carbocycles. The number of methoxy groups -OCH3 is 1. The van der Waals surface area contributed by atoms with Gasteiger partial charge in [-0.25, -0.2) is 14.5 Å². The van der Waals surface area contributed by atoms with Crippen LogP contribution < -0.4 is 20.9 Å². The second-order valence-electron chi connectivity index (χ2n) is 6.51. The van der Waals surface area contributed by atoms with Gasteiger partial charge in [0.1, 0.15) is 11.4 Å². The monoisotopic (exact) mass is 413 g/mol. The fraction of sp³-hybridized carbons (Fsp3) is 0.300. The number of nitrogens with one attached hydrogen (secondary N) is 2. The minimum absolute atomic E-state index is 0.227. The number of nitrogens with zero attached hydrogens (tertiary/aromatic N) is 3. The first-order chi connectivity index (χ1) is 13.9. The zero-order valence-corrected chi connectivity index (χ0v) is 17.6. The summed E-state index contributed by atoms with van der Waals surface area (Å²) in [5.41, 5.74) is 2.94. The Labute approximate surface area is 172 Å². The van der Waals surface area contributed by atoms with Crippen LogP contribution in [0.1, 0.15) is 16.3 Å². The molecule has 3 aromatic rings. The topological polar surface area (TPSA) is 98.1 Å². The first-order valence-corrected chi connectivity index (χ1v) is 9.91. The van der Waals surface area contributed by atoms with E-state index in [4.69, 9.17) is 4.74 Å². The van der Waals surface area contributed by atoms with E-state index < -0.39 is 0 Å². The number of hydrogen-bond acceptors (Lipinski definition) is 6. The third-order valence-electron chi connectivity index (χ3n) is 4.22. The van der Waals surface area contributed by atoms with Crippen LogP contribution in [0.5, 0.6) is 5.75 Å². The second kappa shape index (κ2) is 8.87. The van der Waals surface area contributed by atoms with Gasteiger partial charge in [0.05, 0.1) is 34.9 Å². The maximum atomic E-state index is 12.2. The van der Waals surface area contributed by atoms with Gasteiger partial charge in [-0.3, -0.25) is 4.79 Å². The van der Waals surface area contributed by atoms with Crippen molar-refractivity contribution in [2.45, 2.75) is 27.3 Å². The Balaban J connectivity index is 1.64. The van der Waals surface area contributed by atoms with E-state index in [-0.39, 0.29) is 24.7 Å². The summed E-state index contributed by atoms with van der Waals surface area (Å²) in [5, 5.41) is 10.9. The number of rotatable bonds is 6. The summed E-state index contributed by atoms with van der Waals surface area (Å²) in [6.07, 6.45) is 0. The molecular formula is C20H23N5O3S. The Hall–Kier alpha value is -3.20. The van der Waals surface area contributed by atoms with Crippen LogP contribution in [0.4, 0.5) is 10.5 Å². The quantitative estimate of drug-likeness (QED) is 0.647. The number of aryl methyl sites for hydroxylation is 3. The number of carbonyl (C=O) groups excluding carboxylic acids is 1. The Morgan fingerprint density at radius 3 is 2.69 bits per heavy atom. The molecule has 29 heavy (non-hydrogen) atoms. The predicted octanol–water partition coefficient (Wildman–Crippen LogP) is 3.12. The van der Waals surface area contributed by atoms with E-state index in [1.54, 1.807) is 19.2 Å². The van der Waals surface area contributed by atoms with Gasteiger partial charge >= 0.3 is 6.03 Å². The lowest BCUT2D eigenvalue weighted by Gasteiger charge is -2.12. The molecule has 2 heterocycles. The van der Waals surface area contributed by atoms with Crippen molar-refractivity contribution >= 4 is 23.1 Å². The smallest absolute Gasteiger partial charge is 0.319 e. The number of thiazole rings is 1. The van der Waals surface area contributed by atoms with Gasteiger partial charge in [-0.2, -0.15) is 5.10 Å². The van der Waals surface area contributed by atoms with E-state index >= 15 is 0 Å². The van der Waals surface area contributed by atoms with Crippen molar-refractivity contribution in [1.29, 1.82) is 0 Å². The fourth-order valence-electron chi connectivity index (χ4n) is 2.86. The molecule has 0 aliphatic rings. The summed E-state index contributed by atoms with van der Waals surface area (Å²) >= 11 is 1.54. The van der Waals surface area contributed by atoms with E-state index in [1.807, 2.05) is 32.9 Å². The molecule has 0 aliphatic heterocycles. The summed E-state index contributed by atoms with van der Waals surface area (Å²) in [4.78, 5) is 29.7. The fourth-order valence-corrected chi connectivity index (χ4v) is 3.75. The third kappa shape index (κ3) is 5.00. The predicted molar refractivity (Wildman–Crippen MR) is 114 cm³/mol. The van der Waals surface area contributed by atoms with Crippen molar-refractivity contribution in [3.63, 3.8) is 0 Å². The van der Waals surface area contributed by atoms with Crippen LogP contribution >= 0.6 is 11.3 Å². The van der Waals surface area contributed by atoms with Gasteiger partial charge in [-0.1, -0.05) is 6.07 Å². The van der Waals surface area contributed by atoms with E-state index in [9.17, 15) is 9.59 Å². The highest BCUT2D eigenvalue weighted by molar-refractivity contribution is 7.15. The lowest BCUT2D eigenvalue weighted by molar-refractivity contribution is 0.251. The van der Waals surface area contributed by atoms with Gasteiger partial charge in [-0.15, -0.1) is 11.3 Å². The molecule has 0 unspecified atom stereocenters. The number of anilines is 1. The molecule has 2 N–H and O–H groups in total. The summed E-state index contributed by atoms with van der Waals surface area (Å²) in [7, 11) is 1.55. The number of hydrogen-bond donors (Lipinski definition) is 2. The van der Waals surface area contributed by atoms with Crippen molar-refractivity contribution in [1.82, 2.24) is 20.1 Å². The first kappa shape index (κ1) is 20.5. The summed E-state index contributed by atoms with van der Waals surface area (Å²) in [5.74, 6) is 0.576. The average Bonchev–Trinajstić information content (AvgIpc) is 3.01. The molecule has 152 valence electrons. The summed E-state index contributed by atoms with van der Waals surface area (Å²) in [6, 6.07) is 8.32. The Morgan fingerprint density at radius 1 is 1.21 bits per heavy atom. The lowest BCUT2D eigenvalue weighted by atomic mass is 10.2. The van der Waals surface area contributed by atoms with Crippen LogP contribution in [0, 0.1) is 20.8 Å². The van der Waals surface area contributed by atoms with E-state index in [2.05, 4.69) is 20.7 Å². The SMILES string of the molecule is COc1ccc(C)cc1NC(=O)NCCn1nc(-c2sc(C)nc2C)ccc1=O. The molecule has 0 atom stereocenters. The Morgan fingerprint density at radius 2 is 2.00 bits per heavy atom. The average molecular weight is 414 g/mol. The van der Waals surface area contributed by atoms with Crippen LogP contribution in [0.2, 0.25) is 0 Å². The van der Waals surface area contributed by atoms with Crippen molar-refractivity contribution in [2.75, 3.05) is 19.0 Å². The van der Waals surface area contributed by atoms with E-state index in [0.717, 1.165) is 21.1 Å². The number of aromatic nitrogens is 3. The van der Waals surface area contributed by atoms with Gasteiger partial charge in [0, 0.05) is 12.6 Å². The molecular weight excluding hydrogens is 390 g/mol. The van der Waals surface area contributed by atoms with Gasteiger partial charge in [0.2, 0.25) is 0 Å². The molecule has 0 radical (unpaired) electrons. The van der Waals surface area contributed by atoms with Crippen molar-refractivity contribution in [3.05, 3.63) is 57.0 Å².